The Hall–Kier alpha value is -3.35. The number of nitrogens with zero attached hydrogens (tertiary/aromatic N) is 2. The van der Waals surface area contributed by atoms with E-state index in [1.54, 1.807) is 38.4 Å². The SMILES string of the molecule is COc1ccc(CCNC(=O)c2ccnc(Nc3cc(C)on3)c2)cc1. The Morgan fingerprint density at radius 3 is 2.65 bits per heavy atom. The highest BCUT2D eigenvalue weighted by molar-refractivity contribution is 5.94. The minimum Gasteiger partial charge on any atom is -0.497 e. The molecule has 0 spiro atoms. The molecule has 1 aromatic carbocycles. The molecule has 0 saturated heterocycles. The average molecular weight is 352 g/mol. The van der Waals surface area contributed by atoms with Crippen molar-refractivity contribution in [3.63, 3.8) is 0 Å². The molecule has 0 aliphatic rings. The number of ether oxygens (including phenoxy) is 1. The van der Waals surface area contributed by atoms with Crippen molar-refractivity contribution in [1.29, 1.82) is 0 Å². The van der Waals surface area contributed by atoms with E-state index in [1.807, 2.05) is 24.3 Å². The number of methoxy groups -OCH3 is 1. The zero-order chi connectivity index (χ0) is 18.4. The van der Waals surface area contributed by atoms with Crippen LogP contribution in [0.15, 0.2) is 53.2 Å². The van der Waals surface area contributed by atoms with E-state index in [9.17, 15) is 4.79 Å². The number of carbonyl (C=O) groups is 1. The van der Waals surface area contributed by atoms with E-state index < -0.39 is 0 Å². The topological polar surface area (TPSA) is 89.3 Å². The van der Waals surface area contributed by atoms with Gasteiger partial charge in [0.25, 0.3) is 5.91 Å². The second-order valence-corrected chi connectivity index (χ2v) is 5.73. The minimum absolute atomic E-state index is 0.153. The van der Waals surface area contributed by atoms with Gasteiger partial charge in [0.2, 0.25) is 0 Å². The second-order valence-electron chi connectivity index (χ2n) is 5.73. The molecule has 3 aromatic rings. The third kappa shape index (κ3) is 4.60. The van der Waals surface area contributed by atoms with Gasteiger partial charge in [0.05, 0.1) is 7.11 Å². The fraction of sp³-hybridized carbons (Fsp3) is 0.211. The fourth-order valence-electron chi connectivity index (χ4n) is 2.41. The van der Waals surface area contributed by atoms with Crippen LogP contribution in [0.5, 0.6) is 5.75 Å². The summed E-state index contributed by atoms with van der Waals surface area (Å²) in [6.45, 7) is 2.34. The molecule has 1 amide bonds. The van der Waals surface area contributed by atoms with E-state index in [0.29, 0.717) is 29.5 Å². The summed E-state index contributed by atoms with van der Waals surface area (Å²) in [7, 11) is 1.64. The lowest BCUT2D eigenvalue weighted by Crippen LogP contribution is -2.25. The zero-order valence-electron chi connectivity index (χ0n) is 14.7. The smallest absolute Gasteiger partial charge is 0.251 e. The van der Waals surface area contributed by atoms with E-state index in [0.717, 1.165) is 17.7 Å². The van der Waals surface area contributed by atoms with Crippen molar-refractivity contribution in [2.45, 2.75) is 13.3 Å². The van der Waals surface area contributed by atoms with Crippen LogP contribution in [0.4, 0.5) is 11.6 Å². The number of carbonyl (C=O) groups excluding carboxylic acids is 1. The van der Waals surface area contributed by atoms with Crippen LogP contribution in [-0.2, 0) is 6.42 Å². The molecule has 0 unspecified atom stereocenters. The minimum atomic E-state index is -0.153. The molecule has 0 fully saturated rings. The molecule has 26 heavy (non-hydrogen) atoms. The second kappa shape index (κ2) is 8.15. The predicted octanol–water partition coefficient (Wildman–Crippen LogP) is 3.10. The highest BCUT2D eigenvalue weighted by Crippen LogP contribution is 2.15. The zero-order valence-corrected chi connectivity index (χ0v) is 14.7. The van der Waals surface area contributed by atoms with Crippen molar-refractivity contribution >= 4 is 17.5 Å². The molecule has 0 saturated carbocycles. The first-order valence-corrected chi connectivity index (χ1v) is 8.21. The molecule has 0 radical (unpaired) electrons. The molecule has 2 N–H and O–H groups in total. The van der Waals surface area contributed by atoms with Gasteiger partial charge in [0, 0.05) is 24.4 Å². The Labute approximate surface area is 151 Å². The quantitative estimate of drug-likeness (QED) is 0.679. The molecule has 0 aliphatic heterocycles. The van der Waals surface area contributed by atoms with Crippen molar-refractivity contribution in [3.8, 4) is 5.75 Å². The molecule has 2 heterocycles. The first-order chi connectivity index (χ1) is 12.6. The van der Waals surface area contributed by atoms with Crippen molar-refractivity contribution in [3.05, 3.63) is 65.5 Å². The number of hydrogen-bond acceptors (Lipinski definition) is 6. The Morgan fingerprint density at radius 1 is 1.15 bits per heavy atom. The first kappa shape index (κ1) is 17.5. The lowest BCUT2D eigenvalue weighted by molar-refractivity contribution is 0.0954. The molecular weight excluding hydrogens is 332 g/mol. The summed E-state index contributed by atoms with van der Waals surface area (Å²) in [6, 6.07) is 12.9. The van der Waals surface area contributed by atoms with Gasteiger partial charge in [-0.25, -0.2) is 4.98 Å². The Morgan fingerprint density at radius 2 is 1.96 bits per heavy atom. The summed E-state index contributed by atoms with van der Waals surface area (Å²) < 4.78 is 10.1. The normalized spacial score (nSPS) is 10.4. The van der Waals surface area contributed by atoms with Gasteiger partial charge >= 0.3 is 0 Å². The van der Waals surface area contributed by atoms with E-state index in [4.69, 9.17) is 9.26 Å². The summed E-state index contributed by atoms with van der Waals surface area (Å²) in [6.07, 6.45) is 2.32. The number of anilines is 2. The van der Waals surface area contributed by atoms with Gasteiger partial charge in [-0.3, -0.25) is 4.79 Å². The number of aryl methyl sites for hydroxylation is 1. The summed E-state index contributed by atoms with van der Waals surface area (Å²) in [5.74, 6) is 2.44. The highest BCUT2D eigenvalue weighted by Gasteiger charge is 2.08. The molecule has 7 heteroatoms. The molecule has 0 atom stereocenters. The standard InChI is InChI=1S/C19H20N4O3/c1-13-11-18(23-26-13)22-17-12-15(8-10-20-17)19(24)21-9-7-14-3-5-16(25-2)6-4-14/h3-6,8,10-12H,7,9H2,1-2H3,(H,21,24)(H,20,22,23). The van der Waals surface area contributed by atoms with Gasteiger partial charge < -0.3 is 19.9 Å². The average Bonchev–Trinajstić information content (AvgIpc) is 3.07. The van der Waals surface area contributed by atoms with Crippen LogP contribution in [0, 0.1) is 6.92 Å². The summed E-state index contributed by atoms with van der Waals surface area (Å²) in [4.78, 5) is 16.5. The number of nitrogens with one attached hydrogen (secondary N) is 2. The maximum Gasteiger partial charge on any atom is 0.251 e. The highest BCUT2D eigenvalue weighted by atomic mass is 16.5. The number of benzene rings is 1. The van der Waals surface area contributed by atoms with Gasteiger partial charge in [-0.05, 0) is 43.2 Å². The monoisotopic (exact) mass is 352 g/mol. The number of rotatable bonds is 7. The van der Waals surface area contributed by atoms with Crippen LogP contribution in [0.1, 0.15) is 21.7 Å². The van der Waals surface area contributed by atoms with Crippen LogP contribution in [-0.4, -0.2) is 29.7 Å². The number of aromatic nitrogens is 2. The van der Waals surface area contributed by atoms with Crippen LogP contribution < -0.4 is 15.4 Å². The van der Waals surface area contributed by atoms with Gasteiger partial charge in [0.1, 0.15) is 17.3 Å². The fourth-order valence-corrected chi connectivity index (χ4v) is 2.41. The molecule has 3 rings (SSSR count). The lowest BCUT2D eigenvalue weighted by Gasteiger charge is -2.07. The van der Waals surface area contributed by atoms with E-state index in [-0.39, 0.29) is 5.91 Å². The summed E-state index contributed by atoms with van der Waals surface area (Å²) in [5.41, 5.74) is 1.65. The Balaban J connectivity index is 1.54. The van der Waals surface area contributed by atoms with Crippen LogP contribution in [0.2, 0.25) is 0 Å². The van der Waals surface area contributed by atoms with E-state index >= 15 is 0 Å². The summed E-state index contributed by atoms with van der Waals surface area (Å²) >= 11 is 0. The molecule has 0 aliphatic carbocycles. The van der Waals surface area contributed by atoms with Crippen molar-refractivity contribution in [1.82, 2.24) is 15.5 Å². The van der Waals surface area contributed by atoms with Gasteiger partial charge in [-0.2, -0.15) is 0 Å². The molecule has 134 valence electrons. The van der Waals surface area contributed by atoms with Gasteiger partial charge in [-0.15, -0.1) is 0 Å². The number of pyridine rings is 1. The Kier molecular flexibility index (Phi) is 5.48. The lowest BCUT2D eigenvalue weighted by atomic mass is 10.1. The third-order valence-electron chi connectivity index (χ3n) is 3.76. The Bertz CT molecular complexity index is 875. The van der Waals surface area contributed by atoms with Crippen molar-refractivity contribution < 1.29 is 14.1 Å². The van der Waals surface area contributed by atoms with Gasteiger partial charge in [-0.1, -0.05) is 17.3 Å². The van der Waals surface area contributed by atoms with Crippen molar-refractivity contribution in [2.75, 3.05) is 19.0 Å². The van der Waals surface area contributed by atoms with E-state index in [1.165, 1.54) is 0 Å². The largest absolute Gasteiger partial charge is 0.497 e. The molecular formula is C19H20N4O3. The van der Waals surface area contributed by atoms with E-state index in [2.05, 4.69) is 20.8 Å². The van der Waals surface area contributed by atoms with Crippen LogP contribution in [0.3, 0.4) is 0 Å². The number of hydrogen-bond donors (Lipinski definition) is 2. The van der Waals surface area contributed by atoms with Crippen molar-refractivity contribution in [2.24, 2.45) is 0 Å². The maximum atomic E-state index is 12.3. The molecule has 0 bridgehead atoms. The molecule has 2 aromatic heterocycles. The molecule has 7 nitrogen and oxygen atoms in total. The summed E-state index contributed by atoms with van der Waals surface area (Å²) in [5, 5.41) is 9.76. The third-order valence-corrected chi connectivity index (χ3v) is 3.76. The van der Waals surface area contributed by atoms with Crippen LogP contribution in [0.25, 0.3) is 0 Å². The van der Waals surface area contributed by atoms with Gasteiger partial charge in [0.15, 0.2) is 5.82 Å². The number of amides is 1. The maximum absolute atomic E-state index is 12.3. The first-order valence-electron chi connectivity index (χ1n) is 8.21. The predicted molar refractivity (Wildman–Crippen MR) is 97.8 cm³/mol. The van der Waals surface area contributed by atoms with Crippen LogP contribution >= 0.6 is 0 Å².